The van der Waals surface area contributed by atoms with Gasteiger partial charge in [-0.2, -0.15) is 0 Å². The Balaban J connectivity index is 0.000000315. The molecule has 0 N–H and O–H groups in total. The van der Waals surface area contributed by atoms with Gasteiger partial charge in [0.25, 0.3) is 0 Å². The van der Waals surface area contributed by atoms with Crippen molar-refractivity contribution in [2.45, 2.75) is 180 Å². The number of hydrogen-bond donors (Lipinski definition) is 0. The van der Waals surface area contributed by atoms with Gasteiger partial charge in [0.15, 0.2) is 0 Å². The van der Waals surface area contributed by atoms with Gasteiger partial charge in [0.05, 0.1) is 21.3 Å². The van der Waals surface area contributed by atoms with Crippen LogP contribution in [0.15, 0.2) is 60.7 Å². The Morgan fingerprint density at radius 2 is 1.27 bits per heavy atom. The summed E-state index contributed by atoms with van der Waals surface area (Å²) >= 11 is 0. The van der Waals surface area contributed by atoms with Crippen LogP contribution in [-0.2, 0) is 21.7 Å². The molecule has 4 aromatic carbocycles. The lowest BCUT2D eigenvalue weighted by molar-refractivity contribution is 0.262. The molecule has 4 aromatic rings. The van der Waals surface area contributed by atoms with E-state index < -0.39 is 0 Å². The van der Waals surface area contributed by atoms with Crippen molar-refractivity contribution in [1.82, 2.24) is 0 Å². The van der Waals surface area contributed by atoms with E-state index in [1.807, 2.05) is 31.4 Å². The molecule has 0 amide bonds. The number of aryl methyl sites for hydroxylation is 1. The van der Waals surface area contributed by atoms with Gasteiger partial charge in [-0.05, 0) is 142 Å². The van der Waals surface area contributed by atoms with Crippen molar-refractivity contribution in [1.29, 1.82) is 0 Å². The van der Waals surface area contributed by atoms with E-state index in [-0.39, 0.29) is 21.7 Å². The quantitative estimate of drug-likeness (QED) is 0.118. The van der Waals surface area contributed by atoms with Gasteiger partial charge in [-0.3, -0.25) is 0 Å². The predicted molar refractivity (Wildman–Crippen MR) is 268 cm³/mol. The number of ether oxygens (including phenoxy) is 3. The maximum atomic E-state index is 6.46. The number of unbranched alkanes of at least 4 members (excludes halogenated alkanes) is 1. The first kappa shape index (κ1) is 48.2. The van der Waals surface area contributed by atoms with Gasteiger partial charge in [-0.15, -0.1) is 18.5 Å². The summed E-state index contributed by atoms with van der Waals surface area (Å²) in [4.78, 5) is 0. The number of methoxy groups -OCH3 is 3. The van der Waals surface area contributed by atoms with Crippen molar-refractivity contribution >= 4 is 29.1 Å². The fraction of sp³-hybridized carbons (Fsp3) is 0.564. The monoisotopic (exact) mass is 851 g/mol. The maximum absolute atomic E-state index is 6.46. The number of benzene rings is 4. The van der Waals surface area contributed by atoms with Crippen LogP contribution in [0.25, 0.3) is 11.1 Å². The summed E-state index contributed by atoms with van der Waals surface area (Å²) in [5.41, 5.74) is 12.9. The second-order valence-electron chi connectivity index (χ2n) is 20.3. The second-order valence-corrected chi connectivity index (χ2v) is 21.5. The van der Waals surface area contributed by atoms with E-state index in [0.29, 0.717) is 11.8 Å². The van der Waals surface area contributed by atoms with Crippen LogP contribution in [0.3, 0.4) is 0 Å². The van der Waals surface area contributed by atoms with Crippen LogP contribution in [-0.4, -0.2) is 21.3 Å². The van der Waals surface area contributed by atoms with Crippen molar-refractivity contribution in [3.63, 3.8) is 0 Å². The number of rotatable bonds is 14. The smallest absolute Gasteiger partial charge is 0.127 e. The summed E-state index contributed by atoms with van der Waals surface area (Å²) in [6.45, 7) is 26.6. The normalized spacial score (nSPS) is 19.7. The minimum atomic E-state index is 0.0172. The summed E-state index contributed by atoms with van der Waals surface area (Å²) in [7, 11) is 11.3. The maximum Gasteiger partial charge on any atom is 0.127 e. The molecular formula is C55H80O3P2. The van der Waals surface area contributed by atoms with E-state index in [0.717, 1.165) is 34.4 Å². The zero-order valence-electron chi connectivity index (χ0n) is 40.1. The molecule has 2 aliphatic carbocycles. The highest BCUT2D eigenvalue weighted by Crippen LogP contribution is 2.53. The third kappa shape index (κ3) is 9.84. The van der Waals surface area contributed by atoms with Crippen molar-refractivity contribution in [3.8, 4) is 28.4 Å². The third-order valence-corrected chi connectivity index (χ3v) is 15.9. The van der Waals surface area contributed by atoms with Crippen molar-refractivity contribution < 1.29 is 14.2 Å². The lowest BCUT2D eigenvalue weighted by Crippen LogP contribution is -2.38. The second kappa shape index (κ2) is 19.7. The molecule has 0 fully saturated rings. The van der Waals surface area contributed by atoms with Gasteiger partial charge in [0.2, 0.25) is 0 Å². The molecule has 6 unspecified atom stereocenters. The summed E-state index contributed by atoms with van der Waals surface area (Å²) in [5, 5.41) is 2.57. The molecule has 4 bridgehead atoms. The molecule has 0 spiro atoms. The van der Waals surface area contributed by atoms with Crippen molar-refractivity contribution in [2.24, 2.45) is 0 Å². The molecular weight excluding hydrogens is 771 g/mol. The van der Waals surface area contributed by atoms with Gasteiger partial charge in [0.1, 0.15) is 17.2 Å². The summed E-state index contributed by atoms with van der Waals surface area (Å²) in [6, 6.07) is 22.3. The van der Waals surface area contributed by atoms with Crippen LogP contribution in [0.2, 0.25) is 0 Å². The van der Waals surface area contributed by atoms with Crippen molar-refractivity contribution in [3.05, 3.63) is 99.6 Å². The molecule has 0 saturated carbocycles. The predicted octanol–water partition coefficient (Wildman–Crippen LogP) is 14.7. The van der Waals surface area contributed by atoms with Gasteiger partial charge in [-0.1, -0.05) is 137 Å². The Kier molecular flexibility index (Phi) is 15.8. The Hall–Kier alpha value is -2.86. The Labute approximate surface area is 371 Å². The highest BCUT2D eigenvalue weighted by Gasteiger charge is 2.43. The first-order valence-electron chi connectivity index (χ1n) is 23.1. The molecule has 5 heteroatoms. The van der Waals surface area contributed by atoms with Crippen LogP contribution in [0.5, 0.6) is 17.2 Å². The van der Waals surface area contributed by atoms with Crippen molar-refractivity contribution in [2.75, 3.05) is 21.3 Å². The lowest BCUT2D eigenvalue weighted by atomic mass is 9.62. The van der Waals surface area contributed by atoms with Gasteiger partial charge in [0, 0.05) is 22.3 Å². The van der Waals surface area contributed by atoms with Crippen LogP contribution >= 0.6 is 18.5 Å². The Morgan fingerprint density at radius 1 is 0.683 bits per heavy atom. The fourth-order valence-electron chi connectivity index (χ4n) is 11.0. The first-order chi connectivity index (χ1) is 28.3. The molecule has 328 valence electrons. The Morgan fingerprint density at radius 3 is 1.88 bits per heavy atom. The molecule has 0 aliphatic heterocycles. The molecule has 3 nitrogen and oxygen atoms in total. The highest BCUT2D eigenvalue weighted by molar-refractivity contribution is 7.28. The average molecular weight is 851 g/mol. The van der Waals surface area contributed by atoms with E-state index in [4.69, 9.17) is 14.2 Å². The molecule has 0 radical (unpaired) electrons. The lowest BCUT2D eigenvalue weighted by Gasteiger charge is -2.43. The fourth-order valence-corrected chi connectivity index (χ4v) is 12.3. The number of hydrogen-bond acceptors (Lipinski definition) is 3. The van der Waals surface area contributed by atoms with Crippen LogP contribution < -0.4 is 24.8 Å². The van der Waals surface area contributed by atoms with E-state index >= 15 is 0 Å². The summed E-state index contributed by atoms with van der Waals surface area (Å²) < 4.78 is 17.4. The molecule has 0 aromatic heterocycles. The van der Waals surface area contributed by atoms with E-state index in [1.165, 1.54) is 92.0 Å². The minimum absolute atomic E-state index is 0.0172. The standard InChI is InChI=1S/C40H63OP.C15H17O2P/c1-12-15-19-40(10,32-25-30-24-31(35(32)41-11)37(5,6)21-17-28(30)14-3)26-39(9,18-13-2)34-23-29-22-33(36(34)42)38(7,8)20-16-27(29)4;1-10-6-4-7-11(16-2)14(10)15-12(17-3)8-5-9-13(15)18/h22-25,27-28H,12-21,26,42H2,1-11H3;4-9H,18H2,1-3H3. The first-order valence-corrected chi connectivity index (χ1v) is 24.2. The van der Waals surface area contributed by atoms with Gasteiger partial charge in [-0.25, -0.2) is 0 Å². The highest BCUT2D eigenvalue weighted by atomic mass is 31.0. The summed E-state index contributed by atoms with van der Waals surface area (Å²) in [5.74, 6) is 4.14. The van der Waals surface area contributed by atoms with Crippen LogP contribution in [0.4, 0.5) is 0 Å². The zero-order valence-corrected chi connectivity index (χ0v) is 42.4. The topological polar surface area (TPSA) is 27.7 Å². The molecule has 0 saturated heterocycles. The minimum Gasteiger partial charge on any atom is -0.496 e. The van der Waals surface area contributed by atoms with Gasteiger partial charge >= 0.3 is 0 Å². The SMILES string of the molecule is CCCCC(C)(CC(C)(CCC)c1cc2cc(c1P)C(C)(C)CCC2C)c1cc2cc(c1OC)C(C)(C)CCC2CC.COc1cccc(C)c1-c1c(P)cccc1OC. The molecule has 60 heavy (non-hydrogen) atoms. The zero-order chi connectivity index (χ0) is 44.2. The van der Waals surface area contributed by atoms with Crippen LogP contribution in [0, 0.1) is 6.92 Å². The molecule has 0 heterocycles. The van der Waals surface area contributed by atoms with E-state index in [1.54, 1.807) is 36.5 Å². The van der Waals surface area contributed by atoms with Crippen LogP contribution in [0.1, 0.15) is 191 Å². The van der Waals surface area contributed by atoms with Gasteiger partial charge < -0.3 is 14.2 Å². The van der Waals surface area contributed by atoms with E-state index in [9.17, 15) is 0 Å². The summed E-state index contributed by atoms with van der Waals surface area (Å²) in [6.07, 6.45) is 13.4. The number of fused-ring (bicyclic) bond motifs is 4. The molecule has 6 atom stereocenters. The largest absolute Gasteiger partial charge is 0.496 e. The molecule has 6 rings (SSSR count). The third-order valence-electron chi connectivity index (χ3n) is 14.8. The average Bonchev–Trinajstić information content (AvgIpc) is 3.38. The van der Waals surface area contributed by atoms with E-state index in [2.05, 4.69) is 131 Å². The Bertz CT molecular complexity index is 2050. The molecule has 2 aliphatic rings.